The van der Waals surface area contributed by atoms with Crippen LogP contribution in [-0.2, 0) is 6.54 Å². The fourth-order valence-electron chi connectivity index (χ4n) is 3.25. The molecule has 0 spiro atoms. The van der Waals surface area contributed by atoms with Crippen molar-refractivity contribution in [3.63, 3.8) is 0 Å². The van der Waals surface area contributed by atoms with Crippen LogP contribution in [0.25, 0.3) is 10.8 Å². The molecule has 1 aliphatic heterocycles. The van der Waals surface area contributed by atoms with Crippen LogP contribution in [0.5, 0.6) is 0 Å². The van der Waals surface area contributed by atoms with Gasteiger partial charge < -0.3 is 10.2 Å². The first-order chi connectivity index (χ1) is 12.2. The molecule has 0 unspecified atom stereocenters. The molecule has 0 amide bonds. The number of nitrogens with one attached hydrogen (secondary N) is 1. The highest BCUT2D eigenvalue weighted by atomic mass is 79.9. The van der Waals surface area contributed by atoms with E-state index in [9.17, 15) is 0 Å². The summed E-state index contributed by atoms with van der Waals surface area (Å²) < 4.78 is 2.09. The van der Waals surface area contributed by atoms with E-state index in [2.05, 4.69) is 88.4 Å². The smallest absolute Gasteiger partial charge is 0.225 e. The summed E-state index contributed by atoms with van der Waals surface area (Å²) >= 11 is 7.15. The molecule has 0 radical (unpaired) electrons. The molecule has 6 heteroatoms. The maximum absolute atomic E-state index is 4.39. The average Bonchev–Trinajstić information content (AvgIpc) is 3.11. The van der Waals surface area contributed by atoms with Crippen LogP contribution >= 0.6 is 31.9 Å². The van der Waals surface area contributed by atoms with E-state index in [0.29, 0.717) is 6.04 Å². The van der Waals surface area contributed by atoms with Gasteiger partial charge in [-0.05, 0) is 54.6 Å². The number of fused-ring (bicyclic) bond motifs is 1. The van der Waals surface area contributed by atoms with E-state index in [-0.39, 0.29) is 0 Å². The van der Waals surface area contributed by atoms with Crippen LogP contribution in [-0.4, -0.2) is 29.1 Å². The molecule has 4 nitrogen and oxygen atoms in total. The molecule has 1 aromatic heterocycles. The highest BCUT2D eigenvalue weighted by Crippen LogP contribution is 2.28. The average molecular weight is 462 g/mol. The quantitative estimate of drug-likeness (QED) is 0.619. The lowest BCUT2D eigenvalue weighted by Gasteiger charge is -2.17. The maximum atomic E-state index is 4.39. The Hall–Kier alpha value is -1.50. The van der Waals surface area contributed by atoms with Crippen molar-refractivity contribution >= 4 is 48.6 Å². The van der Waals surface area contributed by atoms with E-state index in [1.807, 2.05) is 0 Å². The molecule has 128 valence electrons. The second-order valence-corrected chi connectivity index (χ2v) is 7.98. The van der Waals surface area contributed by atoms with Gasteiger partial charge in [0.15, 0.2) is 0 Å². The normalized spacial score (nSPS) is 17.4. The summed E-state index contributed by atoms with van der Waals surface area (Å²) in [6.45, 7) is 2.77. The van der Waals surface area contributed by atoms with E-state index >= 15 is 0 Å². The molecule has 1 atom stereocenters. The molecule has 1 N–H and O–H groups in total. The Bertz CT molecular complexity index is 882. The fourth-order valence-corrected chi connectivity index (χ4v) is 4.09. The van der Waals surface area contributed by atoms with Gasteiger partial charge in [0.25, 0.3) is 0 Å². The highest BCUT2D eigenvalue weighted by Gasteiger charge is 2.24. The lowest BCUT2D eigenvalue weighted by Crippen LogP contribution is -2.32. The summed E-state index contributed by atoms with van der Waals surface area (Å²) in [7, 11) is 0. The summed E-state index contributed by atoms with van der Waals surface area (Å²) in [6.07, 6.45) is 4.70. The zero-order chi connectivity index (χ0) is 17.2. The number of nitrogens with zero attached hydrogens (tertiary/aromatic N) is 3. The van der Waals surface area contributed by atoms with Crippen LogP contribution < -0.4 is 10.2 Å². The minimum Gasteiger partial charge on any atom is -0.339 e. The van der Waals surface area contributed by atoms with Crippen LogP contribution in [0.2, 0.25) is 0 Å². The maximum Gasteiger partial charge on any atom is 0.225 e. The lowest BCUT2D eigenvalue weighted by atomic mass is 10.1. The molecule has 2 heterocycles. The van der Waals surface area contributed by atoms with Crippen molar-refractivity contribution < 1.29 is 0 Å². The van der Waals surface area contributed by atoms with Crippen molar-refractivity contribution in [3.05, 3.63) is 63.3 Å². The minimum atomic E-state index is 0.450. The third-order valence-corrected chi connectivity index (χ3v) is 5.95. The highest BCUT2D eigenvalue weighted by molar-refractivity contribution is 9.11. The van der Waals surface area contributed by atoms with Crippen LogP contribution in [0.3, 0.4) is 0 Å². The van der Waals surface area contributed by atoms with Gasteiger partial charge in [0.1, 0.15) is 0 Å². The van der Waals surface area contributed by atoms with E-state index in [1.54, 1.807) is 12.4 Å². The largest absolute Gasteiger partial charge is 0.339 e. The number of hydrogen-bond donors (Lipinski definition) is 1. The van der Waals surface area contributed by atoms with Crippen molar-refractivity contribution in [2.45, 2.75) is 19.0 Å². The number of benzene rings is 2. The molecule has 4 rings (SSSR count). The third-order valence-electron chi connectivity index (χ3n) is 4.60. The van der Waals surface area contributed by atoms with Crippen LogP contribution in [0.1, 0.15) is 12.0 Å². The van der Waals surface area contributed by atoms with Gasteiger partial charge in [-0.1, -0.05) is 36.4 Å². The molecule has 2 aromatic carbocycles. The molecule has 0 aliphatic carbocycles. The van der Waals surface area contributed by atoms with Gasteiger partial charge in [-0.25, -0.2) is 9.97 Å². The van der Waals surface area contributed by atoms with Crippen molar-refractivity contribution in [3.8, 4) is 0 Å². The number of aromatic nitrogens is 2. The van der Waals surface area contributed by atoms with Gasteiger partial charge >= 0.3 is 0 Å². The topological polar surface area (TPSA) is 41.1 Å². The molecule has 0 bridgehead atoms. The number of halogens is 2. The Morgan fingerprint density at radius 2 is 1.88 bits per heavy atom. The monoisotopic (exact) mass is 460 g/mol. The predicted octanol–water partition coefficient (Wildman–Crippen LogP) is 4.52. The van der Waals surface area contributed by atoms with Crippen molar-refractivity contribution in [1.82, 2.24) is 15.3 Å². The number of anilines is 1. The van der Waals surface area contributed by atoms with Crippen LogP contribution in [0.15, 0.2) is 57.7 Å². The molecular formula is C19H18Br2N4. The Labute approximate surface area is 163 Å². The number of rotatable bonds is 4. The van der Waals surface area contributed by atoms with Gasteiger partial charge in [-0.3, -0.25) is 0 Å². The van der Waals surface area contributed by atoms with Crippen molar-refractivity contribution in [1.29, 1.82) is 0 Å². The predicted molar refractivity (Wildman–Crippen MR) is 109 cm³/mol. The second kappa shape index (κ2) is 7.40. The molecule has 3 aromatic rings. The molecule has 1 fully saturated rings. The van der Waals surface area contributed by atoms with E-state index < -0.39 is 0 Å². The fraction of sp³-hybridized carbons (Fsp3) is 0.263. The van der Waals surface area contributed by atoms with Crippen molar-refractivity contribution in [2.24, 2.45) is 0 Å². The molecule has 1 saturated heterocycles. The summed E-state index contributed by atoms with van der Waals surface area (Å²) in [5, 5.41) is 6.20. The number of hydrogen-bond acceptors (Lipinski definition) is 4. The lowest BCUT2D eigenvalue weighted by molar-refractivity contribution is 0.550. The summed E-state index contributed by atoms with van der Waals surface area (Å²) in [4.78, 5) is 11.0. The second-order valence-electron chi connectivity index (χ2n) is 6.27. The van der Waals surface area contributed by atoms with Crippen LogP contribution in [0, 0.1) is 0 Å². The standard InChI is InChI=1S/C19H18Br2N4/c20-15-10-23-19(24-11-15)25-8-7-16(12-25)22-9-14-6-5-13-3-1-2-4-17(13)18(14)21/h1-6,10-11,16,22H,7-9,12H2/t16-/m0/s1. The Morgan fingerprint density at radius 3 is 2.72 bits per heavy atom. The summed E-state index contributed by atoms with van der Waals surface area (Å²) in [5.41, 5.74) is 1.29. The molecule has 0 saturated carbocycles. The Morgan fingerprint density at radius 1 is 1.08 bits per heavy atom. The molecule has 25 heavy (non-hydrogen) atoms. The molecular weight excluding hydrogens is 444 g/mol. The van der Waals surface area contributed by atoms with Gasteiger partial charge in [0.2, 0.25) is 5.95 Å². The van der Waals surface area contributed by atoms with Crippen LogP contribution in [0.4, 0.5) is 5.95 Å². The zero-order valence-electron chi connectivity index (χ0n) is 13.6. The first-order valence-corrected chi connectivity index (χ1v) is 9.91. The first kappa shape index (κ1) is 16.9. The molecule has 1 aliphatic rings. The van der Waals surface area contributed by atoms with Gasteiger partial charge in [0.05, 0.1) is 4.47 Å². The van der Waals surface area contributed by atoms with E-state index in [4.69, 9.17) is 0 Å². The van der Waals surface area contributed by atoms with Gasteiger partial charge in [0, 0.05) is 42.5 Å². The van der Waals surface area contributed by atoms with Gasteiger partial charge in [-0.2, -0.15) is 0 Å². The van der Waals surface area contributed by atoms with E-state index in [0.717, 1.165) is 36.5 Å². The summed E-state index contributed by atoms with van der Waals surface area (Å²) in [5.74, 6) is 0.805. The third kappa shape index (κ3) is 3.71. The zero-order valence-corrected chi connectivity index (χ0v) is 16.8. The van der Waals surface area contributed by atoms with E-state index in [1.165, 1.54) is 20.8 Å². The van der Waals surface area contributed by atoms with Gasteiger partial charge in [-0.15, -0.1) is 0 Å². The van der Waals surface area contributed by atoms with Crippen molar-refractivity contribution in [2.75, 3.05) is 18.0 Å². The SMILES string of the molecule is Brc1cnc(N2CC[C@H](NCc3ccc4ccccc4c3Br)C2)nc1. The Balaban J connectivity index is 1.41. The first-order valence-electron chi connectivity index (χ1n) is 8.33. The Kier molecular flexibility index (Phi) is 5.01. The summed E-state index contributed by atoms with van der Waals surface area (Å²) in [6, 6.07) is 13.3. The minimum absolute atomic E-state index is 0.450.